The van der Waals surface area contributed by atoms with Gasteiger partial charge in [-0.2, -0.15) is 0 Å². The number of anilines is 3. The first-order valence-electron chi connectivity index (χ1n) is 26.2. The van der Waals surface area contributed by atoms with E-state index < -0.39 is 8.07 Å². The number of rotatable bonds is 10. The summed E-state index contributed by atoms with van der Waals surface area (Å²) in [5.74, 6) is 0. The molecule has 12 aromatic carbocycles. The Bertz CT molecular complexity index is 4430. The van der Waals surface area contributed by atoms with Crippen LogP contribution in [0.3, 0.4) is 0 Å². The topological polar surface area (TPSA) is 12.6 Å². The fourth-order valence-corrected chi connectivity index (χ4v) is 17.3. The average molecular weight is 984 g/mol. The molecule has 4 heteroatoms. The van der Waals surface area contributed by atoms with E-state index in [1.54, 1.807) is 0 Å². The zero-order chi connectivity index (χ0) is 50.2. The van der Waals surface area contributed by atoms with E-state index in [1.807, 2.05) is 0 Å². The zero-order valence-corrected chi connectivity index (χ0v) is 42.6. The van der Waals surface area contributed by atoms with Crippen molar-refractivity contribution in [1.29, 1.82) is 0 Å². The lowest BCUT2D eigenvalue weighted by Gasteiger charge is -2.34. The van der Waals surface area contributed by atoms with Crippen molar-refractivity contribution in [1.82, 2.24) is 8.97 Å². The molecule has 0 N–H and O–H groups in total. The minimum Gasteiger partial charge on any atom is -0.311 e. The van der Waals surface area contributed by atoms with Gasteiger partial charge in [0.1, 0.15) is 0 Å². The Morgan fingerprint density at radius 3 is 1.11 bits per heavy atom. The Labute approximate surface area is 442 Å². The first-order chi connectivity index (χ1) is 37.7. The van der Waals surface area contributed by atoms with Gasteiger partial charge in [-0.05, 0) is 116 Å². The summed E-state index contributed by atoms with van der Waals surface area (Å²) in [5, 5.41) is 13.2. The van der Waals surface area contributed by atoms with Crippen molar-refractivity contribution in [2.75, 3.05) is 4.90 Å². The lowest BCUT2D eigenvalue weighted by atomic mass is 10.0. The average Bonchev–Trinajstić information content (AvgIpc) is 4.18. The minimum atomic E-state index is -2.64. The lowest BCUT2D eigenvalue weighted by Crippen LogP contribution is -2.74. The van der Waals surface area contributed by atoms with Crippen molar-refractivity contribution in [3.8, 4) is 27.9 Å². The maximum Gasteiger partial charge on any atom is 0.179 e. The number of aromatic nitrogens is 2. The number of hydrogen-bond donors (Lipinski definition) is 0. The van der Waals surface area contributed by atoms with E-state index in [0.717, 1.165) is 22.7 Å². The van der Waals surface area contributed by atoms with Crippen LogP contribution in [0.4, 0.5) is 17.1 Å². The third-order valence-corrected chi connectivity index (χ3v) is 20.8. The van der Waals surface area contributed by atoms with Gasteiger partial charge in [0, 0.05) is 55.1 Å². The Morgan fingerprint density at radius 1 is 0.250 bits per heavy atom. The Hall–Kier alpha value is -9.74. The van der Waals surface area contributed by atoms with Gasteiger partial charge in [-0.15, -0.1) is 0 Å². The SMILES string of the molecule is c1ccc([Si](c2ccccc2)(c2ccccc2)c2ccc(-c3ccc(N(c4ccc(-c5ccc6c7cccc8c9ccccc9n(c6c5)c87)cc4)c4ccc(-n5c6ccccc6c6ccccc65)cc4)cc3)cc2)cc1. The molecule has 0 atom stereocenters. The molecule has 76 heavy (non-hydrogen) atoms. The fraction of sp³-hybridized carbons (Fsp3) is 0. The molecule has 0 aliphatic heterocycles. The van der Waals surface area contributed by atoms with Crippen LogP contribution in [0.25, 0.3) is 87.8 Å². The predicted octanol–water partition coefficient (Wildman–Crippen LogP) is 16.1. The summed E-state index contributed by atoms with van der Waals surface area (Å²) in [6, 6.07) is 110. The maximum atomic E-state index is 2.46. The molecule has 0 aliphatic carbocycles. The van der Waals surface area contributed by atoms with E-state index in [4.69, 9.17) is 0 Å². The van der Waals surface area contributed by atoms with Crippen molar-refractivity contribution < 1.29 is 0 Å². The summed E-state index contributed by atoms with van der Waals surface area (Å²) in [6.07, 6.45) is 0. The smallest absolute Gasteiger partial charge is 0.179 e. The molecule has 3 aromatic heterocycles. The minimum absolute atomic E-state index is 1.08. The van der Waals surface area contributed by atoms with Crippen molar-refractivity contribution in [2.24, 2.45) is 0 Å². The van der Waals surface area contributed by atoms with Gasteiger partial charge in [0.25, 0.3) is 0 Å². The quantitative estimate of drug-likeness (QED) is 0.0983. The van der Waals surface area contributed by atoms with Crippen LogP contribution >= 0.6 is 0 Å². The van der Waals surface area contributed by atoms with E-state index in [9.17, 15) is 0 Å². The number of nitrogens with zero attached hydrogens (tertiary/aromatic N) is 3. The highest BCUT2D eigenvalue weighted by Crippen LogP contribution is 2.42. The summed E-state index contributed by atoms with van der Waals surface area (Å²) in [4.78, 5) is 2.38. The molecule has 15 rings (SSSR count). The molecule has 15 aromatic rings. The van der Waals surface area contributed by atoms with Gasteiger partial charge in [-0.3, -0.25) is 0 Å². The molecule has 0 saturated carbocycles. The Morgan fingerprint density at radius 2 is 0.605 bits per heavy atom. The monoisotopic (exact) mass is 983 g/mol. The van der Waals surface area contributed by atoms with Crippen molar-refractivity contribution >= 4 is 106 Å². The highest BCUT2D eigenvalue weighted by Gasteiger charge is 2.41. The molecular formula is C72H49N3Si. The van der Waals surface area contributed by atoms with Crippen molar-refractivity contribution in [3.63, 3.8) is 0 Å². The van der Waals surface area contributed by atoms with Gasteiger partial charge >= 0.3 is 0 Å². The summed E-state index contributed by atoms with van der Waals surface area (Å²) in [6.45, 7) is 0. The summed E-state index contributed by atoms with van der Waals surface area (Å²) in [7, 11) is -2.64. The number of para-hydroxylation sites is 4. The molecule has 3 nitrogen and oxygen atoms in total. The van der Waals surface area contributed by atoms with Gasteiger partial charge in [0.2, 0.25) is 0 Å². The molecule has 0 amide bonds. The second-order valence-corrected chi connectivity index (χ2v) is 23.8. The maximum absolute atomic E-state index is 2.64. The normalized spacial score (nSPS) is 11.9. The van der Waals surface area contributed by atoms with Crippen LogP contribution in [-0.4, -0.2) is 17.0 Å². The van der Waals surface area contributed by atoms with Gasteiger partial charge in [0.05, 0.1) is 27.6 Å². The summed E-state index contributed by atoms with van der Waals surface area (Å²) in [5.41, 5.74) is 15.3. The summed E-state index contributed by atoms with van der Waals surface area (Å²) < 4.78 is 4.85. The van der Waals surface area contributed by atoms with Gasteiger partial charge < -0.3 is 13.9 Å². The van der Waals surface area contributed by atoms with Crippen molar-refractivity contribution in [2.45, 2.75) is 0 Å². The summed E-state index contributed by atoms with van der Waals surface area (Å²) >= 11 is 0. The number of fused-ring (bicyclic) bond motifs is 9. The molecule has 356 valence electrons. The molecule has 3 heterocycles. The number of benzene rings is 12. The highest BCUT2D eigenvalue weighted by atomic mass is 28.3. The number of hydrogen-bond acceptors (Lipinski definition) is 1. The highest BCUT2D eigenvalue weighted by molar-refractivity contribution is 7.19. The van der Waals surface area contributed by atoms with E-state index in [0.29, 0.717) is 0 Å². The molecule has 0 unspecified atom stereocenters. The third kappa shape index (κ3) is 6.81. The van der Waals surface area contributed by atoms with E-state index in [-0.39, 0.29) is 0 Å². The molecule has 0 spiro atoms. The lowest BCUT2D eigenvalue weighted by molar-refractivity contribution is 1.17. The Kier molecular flexibility index (Phi) is 10.2. The Balaban J connectivity index is 0.817. The van der Waals surface area contributed by atoms with Gasteiger partial charge in [-0.25, -0.2) is 0 Å². The van der Waals surface area contributed by atoms with E-state index >= 15 is 0 Å². The molecule has 0 fully saturated rings. The van der Waals surface area contributed by atoms with Crippen LogP contribution in [0.2, 0.25) is 0 Å². The van der Waals surface area contributed by atoms with Gasteiger partial charge in [0.15, 0.2) is 8.07 Å². The van der Waals surface area contributed by atoms with Crippen molar-refractivity contribution in [3.05, 3.63) is 297 Å². The molecule has 0 bridgehead atoms. The fourth-order valence-electron chi connectivity index (χ4n) is 12.6. The third-order valence-electron chi connectivity index (χ3n) is 16.0. The molecule has 0 saturated heterocycles. The van der Waals surface area contributed by atoms with Crippen LogP contribution < -0.4 is 25.6 Å². The first-order valence-corrected chi connectivity index (χ1v) is 28.2. The predicted molar refractivity (Wildman–Crippen MR) is 325 cm³/mol. The van der Waals surface area contributed by atoms with Crippen LogP contribution in [-0.2, 0) is 0 Å². The van der Waals surface area contributed by atoms with Gasteiger partial charge in [-0.1, -0.05) is 224 Å². The largest absolute Gasteiger partial charge is 0.311 e. The second-order valence-electron chi connectivity index (χ2n) is 20.0. The first kappa shape index (κ1) is 43.8. The molecular weight excluding hydrogens is 935 g/mol. The standard InChI is InChI=1S/C72H49N3Si/c1-4-17-58(18-5-1)76(59-19-6-2-7-20-59,60-21-8-3-9-22-60)61-46-35-51(36-47-61)50-31-38-54(39-32-50)73(56-42-44-57(45-43-56)74-68-28-13-10-23-62(68)63-24-11-14-29-69(63)74)55-40-33-52(34-41-55)53-37-48-65-67-27-16-26-66-64-25-12-15-30-70(64)75(72(66)67)71(65)49-53/h1-49H. The zero-order valence-electron chi connectivity index (χ0n) is 41.6. The van der Waals surface area contributed by atoms with E-state index in [2.05, 4.69) is 311 Å². The van der Waals surface area contributed by atoms with Crippen LogP contribution in [0, 0.1) is 0 Å². The van der Waals surface area contributed by atoms with Crippen LogP contribution in [0.15, 0.2) is 297 Å². The van der Waals surface area contributed by atoms with E-state index in [1.165, 1.54) is 103 Å². The molecule has 0 radical (unpaired) electrons. The van der Waals surface area contributed by atoms with Crippen LogP contribution in [0.5, 0.6) is 0 Å². The molecule has 0 aliphatic rings. The second kappa shape index (κ2) is 17.7. The van der Waals surface area contributed by atoms with Crippen LogP contribution in [0.1, 0.15) is 0 Å².